The van der Waals surface area contributed by atoms with Crippen LogP contribution >= 0.6 is 11.3 Å². The van der Waals surface area contributed by atoms with E-state index in [9.17, 15) is 17.6 Å². The van der Waals surface area contributed by atoms with Crippen LogP contribution in [-0.4, -0.2) is 17.4 Å². The third kappa shape index (κ3) is 1.94. The monoisotopic (exact) mass is 275 g/mol. The van der Waals surface area contributed by atoms with Crippen LogP contribution in [-0.2, 0) is 10.0 Å². The molecule has 0 aromatic carbocycles. The summed E-state index contributed by atoms with van der Waals surface area (Å²) in [6.07, 6.45) is 0.514. The van der Waals surface area contributed by atoms with Crippen molar-refractivity contribution in [2.45, 2.75) is 4.21 Å². The predicted octanol–water partition coefficient (Wildman–Crippen LogP) is 0.263. The first-order chi connectivity index (χ1) is 7.93. The Bertz CT molecular complexity index is 706. The zero-order valence-electron chi connectivity index (χ0n) is 8.20. The van der Waals surface area contributed by atoms with Crippen molar-refractivity contribution in [1.29, 1.82) is 0 Å². The standard InChI is InChI=1S/C8H6FN3O3S2/c9-5-4-12(8(13)11-7(5)10)17(14,15)6-2-1-3-16-6/h1-4H,(H2,10,11,13). The maximum Gasteiger partial charge on any atom is 0.363 e. The Morgan fingerprint density at radius 2 is 2.18 bits per heavy atom. The molecule has 0 spiro atoms. The lowest BCUT2D eigenvalue weighted by molar-refractivity contribution is 0.574. The van der Waals surface area contributed by atoms with Crippen molar-refractivity contribution in [3.63, 3.8) is 0 Å². The van der Waals surface area contributed by atoms with Crippen LogP contribution in [0.25, 0.3) is 0 Å². The number of thiophene rings is 1. The molecule has 6 nitrogen and oxygen atoms in total. The number of nitrogens with two attached hydrogens (primary N) is 1. The highest BCUT2D eigenvalue weighted by Crippen LogP contribution is 2.18. The van der Waals surface area contributed by atoms with Gasteiger partial charge in [-0.2, -0.15) is 17.4 Å². The van der Waals surface area contributed by atoms with Gasteiger partial charge < -0.3 is 5.73 Å². The summed E-state index contributed by atoms with van der Waals surface area (Å²) in [6, 6.07) is 2.81. The minimum Gasteiger partial charge on any atom is -0.381 e. The van der Waals surface area contributed by atoms with Crippen LogP contribution in [0.3, 0.4) is 0 Å². The largest absolute Gasteiger partial charge is 0.381 e. The summed E-state index contributed by atoms with van der Waals surface area (Å²) in [5.41, 5.74) is 3.92. The van der Waals surface area contributed by atoms with Crippen molar-refractivity contribution in [2.24, 2.45) is 0 Å². The third-order valence-corrected chi connectivity index (χ3v) is 4.89. The average Bonchev–Trinajstić information content (AvgIpc) is 2.77. The predicted molar refractivity (Wildman–Crippen MR) is 59.8 cm³/mol. The van der Waals surface area contributed by atoms with E-state index in [0.29, 0.717) is 6.20 Å². The zero-order valence-corrected chi connectivity index (χ0v) is 9.83. The van der Waals surface area contributed by atoms with Crippen LogP contribution in [0, 0.1) is 5.82 Å². The second-order valence-electron chi connectivity index (χ2n) is 2.99. The van der Waals surface area contributed by atoms with Crippen LogP contribution in [0.1, 0.15) is 0 Å². The van der Waals surface area contributed by atoms with E-state index in [0.717, 1.165) is 11.3 Å². The molecule has 2 aromatic heterocycles. The normalized spacial score (nSPS) is 11.6. The SMILES string of the molecule is Nc1nc(=O)n(S(=O)(=O)c2cccs2)cc1F. The van der Waals surface area contributed by atoms with Gasteiger partial charge in [0.25, 0.3) is 10.0 Å². The van der Waals surface area contributed by atoms with Gasteiger partial charge in [-0.25, -0.2) is 9.18 Å². The summed E-state index contributed by atoms with van der Waals surface area (Å²) in [5, 5.41) is 1.53. The number of halogens is 1. The van der Waals surface area contributed by atoms with Gasteiger partial charge in [0.15, 0.2) is 11.6 Å². The first kappa shape index (κ1) is 11.7. The summed E-state index contributed by atoms with van der Waals surface area (Å²) in [7, 11) is -4.10. The zero-order chi connectivity index (χ0) is 12.6. The molecule has 0 aliphatic carbocycles. The molecule has 0 aliphatic heterocycles. The van der Waals surface area contributed by atoms with E-state index in [2.05, 4.69) is 4.98 Å². The summed E-state index contributed by atoms with van der Waals surface area (Å²) in [5.74, 6) is -1.70. The van der Waals surface area contributed by atoms with Crippen molar-refractivity contribution in [3.8, 4) is 0 Å². The summed E-state index contributed by atoms with van der Waals surface area (Å²) in [4.78, 5) is 14.4. The van der Waals surface area contributed by atoms with Gasteiger partial charge >= 0.3 is 5.69 Å². The number of nitrogens with zero attached hydrogens (tertiary/aromatic N) is 2. The molecule has 9 heteroatoms. The Balaban J connectivity index is 2.71. The molecule has 2 heterocycles. The molecule has 0 radical (unpaired) electrons. The summed E-state index contributed by atoms with van der Waals surface area (Å²) >= 11 is 0.914. The second kappa shape index (κ2) is 3.93. The molecule has 90 valence electrons. The van der Waals surface area contributed by atoms with E-state index in [-0.39, 0.29) is 8.18 Å². The van der Waals surface area contributed by atoms with E-state index in [1.807, 2.05) is 0 Å². The molecule has 2 rings (SSSR count). The van der Waals surface area contributed by atoms with E-state index < -0.39 is 27.3 Å². The fraction of sp³-hybridized carbons (Fsp3) is 0. The van der Waals surface area contributed by atoms with Crippen molar-refractivity contribution in [3.05, 3.63) is 40.0 Å². The summed E-state index contributed by atoms with van der Waals surface area (Å²) in [6.45, 7) is 0. The molecule has 0 fully saturated rings. The van der Waals surface area contributed by atoms with Gasteiger partial charge in [0, 0.05) is 0 Å². The third-order valence-electron chi connectivity index (χ3n) is 1.89. The van der Waals surface area contributed by atoms with Crippen molar-refractivity contribution in [2.75, 3.05) is 5.73 Å². The molecule has 0 saturated carbocycles. The van der Waals surface area contributed by atoms with Crippen LogP contribution in [0.4, 0.5) is 10.2 Å². The number of hydrogen-bond donors (Lipinski definition) is 1. The van der Waals surface area contributed by atoms with E-state index in [1.54, 1.807) is 0 Å². The molecule has 2 aromatic rings. The van der Waals surface area contributed by atoms with Crippen molar-refractivity contribution in [1.82, 2.24) is 8.96 Å². The van der Waals surface area contributed by atoms with Crippen molar-refractivity contribution < 1.29 is 12.8 Å². The highest BCUT2D eigenvalue weighted by Gasteiger charge is 2.21. The Morgan fingerprint density at radius 1 is 1.47 bits per heavy atom. The number of hydrogen-bond acceptors (Lipinski definition) is 6. The van der Waals surface area contributed by atoms with E-state index in [1.165, 1.54) is 17.5 Å². The minimum atomic E-state index is -4.10. The Labute approximate surface area is 99.2 Å². The lowest BCUT2D eigenvalue weighted by Crippen LogP contribution is -2.30. The van der Waals surface area contributed by atoms with Gasteiger partial charge in [-0.3, -0.25) is 0 Å². The fourth-order valence-corrected chi connectivity index (χ4v) is 3.37. The number of rotatable bonds is 2. The molecule has 2 N–H and O–H groups in total. The molecule has 0 amide bonds. The molecular weight excluding hydrogens is 269 g/mol. The summed E-state index contributed by atoms with van der Waals surface area (Å²) < 4.78 is 37.1. The first-order valence-corrected chi connectivity index (χ1v) is 6.58. The van der Waals surface area contributed by atoms with Gasteiger partial charge in [-0.05, 0) is 11.4 Å². The van der Waals surface area contributed by atoms with Crippen molar-refractivity contribution >= 4 is 27.2 Å². The van der Waals surface area contributed by atoms with Crippen LogP contribution in [0.2, 0.25) is 0 Å². The van der Waals surface area contributed by atoms with Gasteiger partial charge in [0.2, 0.25) is 0 Å². The molecule has 0 aliphatic rings. The second-order valence-corrected chi connectivity index (χ2v) is 5.98. The smallest absolute Gasteiger partial charge is 0.363 e. The fourth-order valence-electron chi connectivity index (χ4n) is 1.11. The van der Waals surface area contributed by atoms with Gasteiger partial charge in [0.05, 0.1) is 6.20 Å². The Morgan fingerprint density at radius 3 is 2.76 bits per heavy atom. The molecule has 0 saturated heterocycles. The Hall–Kier alpha value is -1.74. The molecule has 0 bridgehead atoms. The minimum absolute atomic E-state index is 0.0782. The van der Waals surface area contributed by atoms with Gasteiger partial charge in [0.1, 0.15) is 4.21 Å². The highest BCUT2D eigenvalue weighted by atomic mass is 32.2. The molecule has 0 atom stereocenters. The Kier molecular flexibility index (Phi) is 2.71. The number of anilines is 1. The lowest BCUT2D eigenvalue weighted by atomic mass is 10.6. The van der Waals surface area contributed by atoms with Crippen LogP contribution in [0.5, 0.6) is 0 Å². The quantitative estimate of drug-likeness (QED) is 0.848. The molecular formula is C8H6FN3O3S2. The topological polar surface area (TPSA) is 95.0 Å². The van der Waals surface area contributed by atoms with Gasteiger partial charge in [-0.1, -0.05) is 6.07 Å². The maximum absolute atomic E-state index is 13.1. The first-order valence-electron chi connectivity index (χ1n) is 4.26. The van der Waals surface area contributed by atoms with E-state index in [4.69, 9.17) is 5.73 Å². The highest BCUT2D eigenvalue weighted by molar-refractivity contribution is 7.92. The van der Waals surface area contributed by atoms with Crippen LogP contribution < -0.4 is 11.4 Å². The van der Waals surface area contributed by atoms with E-state index >= 15 is 0 Å². The average molecular weight is 275 g/mol. The number of aromatic nitrogens is 2. The lowest BCUT2D eigenvalue weighted by Gasteiger charge is -2.05. The number of nitrogen functional groups attached to an aromatic ring is 1. The molecule has 0 unspecified atom stereocenters. The van der Waals surface area contributed by atoms with Crippen LogP contribution in [0.15, 0.2) is 32.7 Å². The maximum atomic E-state index is 13.1. The molecule has 17 heavy (non-hydrogen) atoms. The van der Waals surface area contributed by atoms with Gasteiger partial charge in [-0.15, -0.1) is 11.3 Å².